The number of methoxy groups -OCH3 is 2. The Balaban J connectivity index is 1.48. The summed E-state index contributed by atoms with van der Waals surface area (Å²) in [4.78, 5) is 14.8. The lowest BCUT2D eigenvalue weighted by atomic mass is 9.75. The van der Waals surface area contributed by atoms with E-state index in [4.69, 9.17) is 18.9 Å². The summed E-state index contributed by atoms with van der Waals surface area (Å²) in [6, 6.07) is 33.8. The molecule has 6 aromatic rings. The Kier molecular flexibility index (Phi) is 6.92. The van der Waals surface area contributed by atoms with Crippen molar-refractivity contribution in [3.63, 3.8) is 0 Å². The number of aliphatic hydroxyl groups excluding tert-OH is 1. The summed E-state index contributed by atoms with van der Waals surface area (Å²) in [6.45, 7) is 1.72. The van der Waals surface area contributed by atoms with E-state index in [1.54, 1.807) is 14.2 Å². The minimum atomic E-state index is -1.16. The third kappa shape index (κ3) is 4.47. The number of ketones is 1. The molecule has 2 aliphatic rings. The number of rotatable bonds is 6. The molecule has 2 unspecified atom stereocenters. The number of fused-ring (bicyclic) bond motifs is 6. The van der Waals surface area contributed by atoms with Crippen LogP contribution in [-0.4, -0.2) is 31.2 Å². The van der Waals surface area contributed by atoms with Crippen molar-refractivity contribution in [2.24, 2.45) is 0 Å². The minimum Gasteiger partial charge on any atom is -0.497 e. The van der Waals surface area contributed by atoms with Crippen LogP contribution in [0.1, 0.15) is 46.0 Å². The van der Waals surface area contributed by atoms with Crippen molar-refractivity contribution < 1.29 is 28.8 Å². The zero-order valence-corrected chi connectivity index (χ0v) is 26.5. The molecule has 6 aromatic carbocycles. The summed E-state index contributed by atoms with van der Waals surface area (Å²) < 4.78 is 24.8. The average Bonchev–Trinajstić information content (AvgIpc) is 3.50. The number of ether oxygens (including phenoxy) is 4. The van der Waals surface area contributed by atoms with Crippen LogP contribution in [0.4, 0.5) is 0 Å². The van der Waals surface area contributed by atoms with E-state index in [1.165, 1.54) is 0 Å². The molecule has 47 heavy (non-hydrogen) atoms. The highest BCUT2D eigenvalue weighted by atomic mass is 16.5. The van der Waals surface area contributed by atoms with Crippen molar-refractivity contribution in [3.8, 4) is 34.1 Å². The van der Waals surface area contributed by atoms with E-state index in [9.17, 15) is 9.90 Å². The molecule has 8 rings (SSSR count). The predicted octanol–water partition coefficient (Wildman–Crippen LogP) is 8.40. The summed E-state index contributed by atoms with van der Waals surface area (Å²) in [5.74, 6) is 2.56. The highest BCUT2D eigenvalue weighted by Crippen LogP contribution is 2.53. The molecule has 0 saturated carbocycles. The van der Waals surface area contributed by atoms with Crippen molar-refractivity contribution >= 4 is 27.3 Å². The first-order chi connectivity index (χ1) is 23.0. The molecule has 2 aliphatic heterocycles. The fraction of sp³-hybridized carbons (Fsp3) is 0.195. The number of Topliss-reactive ketones (excluding diaryl/α,β-unsaturated/α-hetero) is 1. The lowest BCUT2D eigenvalue weighted by Crippen LogP contribution is -2.41. The van der Waals surface area contributed by atoms with E-state index in [1.807, 2.05) is 91.0 Å². The van der Waals surface area contributed by atoms with Crippen molar-refractivity contribution in [1.29, 1.82) is 0 Å². The Hall–Kier alpha value is -5.33. The Labute approximate surface area is 273 Å². The number of benzene rings is 6. The molecule has 6 nitrogen and oxygen atoms in total. The van der Waals surface area contributed by atoms with Gasteiger partial charge in [0.2, 0.25) is 0 Å². The zero-order chi connectivity index (χ0) is 32.3. The van der Waals surface area contributed by atoms with Gasteiger partial charge in [-0.1, -0.05) is 72.8 Å². The maximum absolute atomic E-state index is 14.8. The van der Waals surface area contributed by atoms with Gasteiger partial charge in [0.1, 0.15) is 29.1 Å². The first-order valence-corrected chi connectivity index (χ1v) is 15.9. The molecule has 0 radical (unpaired) electrons. The number of carbonyl (C=O) groups excluding carboxylic acids is 1. The van der Waals surface area contributed by atoms with Gasteiger partial charge in [0, 0.05) is 39.3 Å². The quantitative estimate of drug-likeness (QED) is 0.188. The fourth-order valence-electron chi connectivity index (χ4n) is 7.54. The Morgan fingerprint density at radius 1 is 0.809 bits per heavy atom. The SMILES string of the molecule is COc1ccc(C2(c3ccc4c(c3)CC(C)O4)CC(=O)c3c(CO)c(-c4ccccc4)c4c(cc(OC)c5ccccc54)c3O2)cc1. The topological polar surface area (TPSA) is 74.2 Å². The van der Waals surface area contributed by atoms with E-state index in [2.05, 4.69) is 19.1 Å². The summed E-state index contributed by atoms with van der Waals surface area (Å²) >= 11 is 0. The maximum Gasteiger partial charge on any atom is 0.171 e. The van der Waals surface area contributed by atoms with Crippen LogP contribution in [0.3, 0.4) is 0 Å². The third-order valence-electron chi connectivity index (χ3n) is 9.66. The molecule has 1 N–H and O–H groups in total. The molecule has 2 heterocycles. The van der Waals surface area contributed by atoms with Gasteiger partial charge in [-0.3, -0.25) is 4.79 Å². The van der Waals surface area contributed by atoms with Crippen LogP contribution in [-0.2, 0) is 18.6 Å². The standard InChI is InChI=1S/C41H34O6/c1-24-19-26-20-28(15-18-35(26)46-24)41(27-13-16-29(44-2)17-14-27)22-34(43)39-33(23-42)37(25-9-5-4-6-10-25)38-31-12-8-7-11-30(31)36(45-3)21-32(38)40(39)47-41/h4-18,20-21,24,42H,19,22-23H2,1-3H3. The van der Waals surface area contributed by atoms with Crippen LogP contribution >= 0.6 is 0 Å². The summed E-state index contributed by atoms with van der Waals surface area (Å²) in [5, 5.41) is 14.6. The molecule has 0 aromatic heterocycles. The molecular formula is C41H34O6. The Bertz CT molecular complexity index is 2190. The number of aliphatic hydroxyl groups is 1. The zero-order valence-electron chi connectivity index (χ0n) is 26.5. The Morgan fingerprint density at radius 2 is 1.53 bits per heavy atom. The molecule has 6 heteroatoms. The molecule has 0 amide bonds. The van der Waals surface area contributed by atoms with Crippen LogP contribution < -0.4 is 18.9 Å². The van der Waals surface area contributed by atoms with Gasteiger partial charge in [-0.05, 0) is 59.3 Å². The van der Waals surface area contributed by atoms with Crippen LogP contribution in [0, 0.1) is 0 Å². The minimum absolute atomic E-state index is 0.0407. The van der Waals surface area contributed by atoms with Gasteiger partial charge >= 0.3 is 0 Å². The monoisotopic (exact) mass is 622 g/mol. The van der Waals surface area contributed by atoms with E-state index < -0.39 is 5.60 Å². The van der Waals surface area contributed by atoms with Crippen LogP contribution in [0.5, 0.6) is 23.0 Å². The van der Waals surface area contributed by atoms with E-state index in [0.717, 1.165) is 61.5 Å². The molecule has 0 bridgehead atoms. The second-order valence-corrected chi connectivity index (χ2v) is 12.3. The maximum atomic E-state index is 14.8. The third-order valence-corrected chi connectivity index (χ3v) is 9.66. The van der Waals surface area contributed by atoms with E-state index >= 15 is 0 Å². The van der Waals surface area contributed by atoms with Crippen molar-refractivity contribution in [2.45, 2.75) is 38.1 Å². The molecular weight excluding hydrogens is 588 g/mol. The average molecular weight is 623 g/mol. The van der Waals surface area contributed by atoms with Crippen LogP contribution in [0.25, 0.3) is 32.7 Å². The van der Waals surface area contributed by atoms with Gasteiger partial charge in [0.15, 0.2) is 11.4 Å². The highest BCUT2D eigenvalue weighted by molar-refractivity contribution is 6.22. The Morgan fingerprint density at radius 3 is 2.26 bits per heavy atom. The lowest BCUT2D eigenvalue weighted by molar-refractivity contribution is 0.0620. The molecule has 0 spiro atoms. The van der Waals surface area contributed by atoms with Crippen molar-refractivity contribution in [1.82, 2.24) is 0 Å². The fourth-order valence-corrected chi connectivity index (χ4v) is 7.54. The molecule has 0 saturated heterocycles. The first kappa shape index (κ1) is 29.1. The van der Waals surface area contributed by atoms with Crippen molar-refractivity contribution in [3.05, 3.63) is 131 Å². The number of hydrogen-bond acceptors (Lipinski definition) is 6. The van der Waals surface area contributed by atoms with E-state index in [-0.39, 0.29) is 24.9 Å². The number of hydrogen-bond donors (Lipinski definition) is 1. The molecule has 234 valence electrons. The highest BCUT2D eigenvalue weighted by Gasteiger charge is 2.46. The number of carbonyl (C=O) groups is 1. The summed E-state index contributed by atoms with van der Waals surface area (Å²) in [6.07, 6.45) is 0.882. The van der Waals surface area contributed by atoms with Crippen LogP contribution in [0.2, 0.25) is 0 Å². The van der Waals surface area contributed by atoms with Gasteiger partial charge in [-0.2, -0.15) is 0 Å². The van der Waals surface area contributed by atoms with Gasteiger partial charge in [-0.25, -0.2) is 0 Å². The van der Waals surface area contributed by atoms with Gasteiger partial charge in [0.05, 0.1) is 32.8 Å². The van der Waals surface area contributed by atoms with Crippen LogP contribution in [0.15, 0.2) is 103 Å². The van der Waals surface area contributed by atoms with E-state index in [0.29, 0.717) is 28.4 Å². The second kappa shape index (κ2) is 11.2. The van der Waals surface area contributed by atoms with Crippen molar-refractivity contribution in [2.75, 3.05) is 14.2 Å². The molecule has 2 atom stereocenters. The lowest BCUT2D eigenvalue weighted by Gasteiger charge is -2.40. The second-order valence-electron chi connectivity index (χ2n) is 12.3. The largest absolute Gasteiger partial charge is 0.497 e. The van der Waals surface area contributed by atoms with Gasteiger partial charge in [-0.15, -0.1) is 0 Å². The molecule has 0 fully saturated rings. The summed E-state index contributed by atoms with van der Waals surface area (Å²) in [5.41, 5.74) is 4.28. The first-order valence-electron chi connectivity index (χ1n) is 15.9. The molecule has 0 aliphatic carbocycles. The normalized spacial score (nSPS) is 18.4. The van der Waals surface area contributed by atoms with Gasteiger partial charge in [0.25, 0.3) is 0 Å². The predicted molar refractivity (Wildman–Crippen MR) is 183 cm³/mol. The van der Waals surface area contributed by atoms with Gasteiger partial charge < -0.3 is 24.1 Å². The smallest absolute Gasteiger partial charge is 0.171 e. The summed E-state index contributed by atoms with van der Waals surface area (Å²) in [7, 11) is 3.29.